The Hall–Kier alpha value is -1.85. The molecule has 3 N–H and O–H groups in total. The predicted octanol–water partition coefficient (Wildman–Crippen LogP) is -0.135. The molecule has 4 aliphatic rings. The SMILES string of the molecule is C=C1C(=O)OC2CC(C)C3C(OC4OC(COC(C)=O)C(O)C(O)C4O)CC(=O)C3(C)CC12. The second kappa shape index (κ2) is 8.74. The van der Waals surface area contributed by atoms with E-state index >= 15 is 0 Å². The summed E-state index contributed by atoms with van der Waals surface area (Å²) in [5.41, 5.74) is -0.391. The molecule has 10 nitrogen and oxygen atoms in total. The van der Waals surface area contributed by atoms with Gasteiger partial charge in [-0.25, -0.2) is 4.79 Å². The molecule has 0 aromatic heterocycles. The second-order valence-corrected chi connectivity index (χ2v) is 10.1. The minimum atomic E-state index is -1.58. The summed E-state index contributed by atoms with van der Waals surface area (Å²) in [4.78, 5) is 36.4. The first kappa shape index (κ1) is 24.3. The number of aliphatic hydroxyl groups excluding tert-OH is 3. The number of hydrogen-bond acceptors (Lipinski definition) is 10. The molecule has 33 heavy (non-hydrogen) atoms. The minimum Gasteiger partial charge on any atom is -0.463 e. The Morgan fingerprint density at radius 2 is 1.91 bits per heavy atom. The Balaban J connectivity index is 1.54. The van der Waals surface area contributed by atoms with Gasteiger partial charge in [-0.3, -0.25) is 9.59 Å². The van der Waals surface area contributed by atoms with Gasteiger partial charge in [0.2, 0.25) is 0 Å². The topological polar surface area (TPSA) is 149 Å². The highest BCUT2D eigenvalue weighted by molar-refractivity contribution is 5.92. The monoisotopic (exact) mass is 468 g/mol. The van der Waals surface area contributed by atoms with Crippen molar-refractivity contribution in [3.63, 3.8) is 0 Å². The van der Waals surface area contributed by atoms with E-state index in [0.717, 1.165) is 0 Å². The number of aliphatic hydroxyl groups is 3. The third-order valence-electron chi connectivity index (χ3n) is 7.87. The molecule has 0 radical (unpaired) electrons. The van der Waals surface area contributed by atoms with Crippen molar-refractivity contribution >= 4 is 17.7 Å². The van der Waals surface area contributed by atoms with Crippen LogP contribution in [0.1, 0.15) is 40.0 Å². The summed E-state index contributed by atoms with van der Waals surface area (Å²) in [7, 11) is 0. The zero-order valence-electron chi connectivity index (χ0n) is 19.0. The van der Waals surface area contributed by atoms with E-state index in [-0.39, 0.29) is 42.7 Å². The number of Topliss-reactive ketones (excluding diaryl/α,β-unsaturated/α-hetero) is 1. The predicted molar refractivity (Wildman–Crippen MR) is 110 cm³/mol. The normalized spacial score (nSPS) is 47.5. The fraction of sp³-hybridized carbons (Fsp3) is 0.783. The highest BCUT2D eigenvalue weighted by Gasteiger charge is 2.60. The summed E-state index contributed by atoms with van der Waals surface area (Å²) in [6, 6.07) is 0. The van der Waals surface area contributed by atoms with E-state index in [2.05, 4.69) is 6.58 Å². The summed E-state index contributed by atoms with van der Waals surface area (Å²) >= 11 is 0. The van der Waals surface area contributed by atoms with Gasteiger partial charge in [-0.15, -0.1) is 0 Å². The first-order chi connectivity index (χ1) is 15.4. The van der Waals surface area contributed by atoms with Gasteiger partial charge in [0.05, 0.1) is 6.10 Å². The molecule has 2 aliphatic heterocycles. The highest BCUT2D eigenvalue weighted by atomic mass is 16.7. The van der Waals surface area contributed by atoms with Gasteiger partial charge in [0.1, 0.15) is 42.9 Å². The molecule has 4 rings (SSSR count). The zero-order chi connectivity index (χ0) is 24.2. The van der Waals surface area contributed by atoms with Crippen LogP contribution in [0.4, 0.5) is 0 Å². The Morgan fingerprint density at radius 1 is 1.21 bits per heavy atom. The zero-order valence-corrected chi connectivity index (χ0v) is 19.0. The molecular weight excluding hydrogens is 436 g/mol. The van der Waals surface area contributed by atoms with Gasteiger partial charge in [-0.1, -0.05) is 20.4 Å². The van der Waals surface area contributed by atoms with Gasteiger partial charge < -0.3 is 34.3 Å². The lowest BCUT2D eigenvalue weighted by Crippen LogP contribution is -2.60. The van der Waals surface area contributed by atoms with Gasteiger partial charge in [0.25, 0.3) is 0 Å². The van der Waals surface area contributed by atoms with E-state index in [9.17, 15) is 29.7 Å². The lowest BCUT2D eigenvalue weighted by Gasteiger charge is -2.42. The molecule has 2 aliphatic carbocycles. The molecule has 0 bridgehead atoms. The van der Waals surface area contributed by atoms with E-state index in [1.54, 1.807) is 0 Å². The van der Waals surface area contributed by atoms with Gasteiger partial charge >= 0.3 is 11.9 Å². The van der Waals surface area contributed by atoms with Crippen LogP contribution in [0.3, 0.4) is 0 Å². The molecular formula is C23H32O10. The van der Waals surface area contributed by atoms with Gasteiger partial charge in [0, 0.05) is 36.2 Å². The van der Waals surface area contributed by atoms with Crippen LogP contribution in [0.25, 0.3) is 0 Å². The van der Waals surface area contributed by atoms with Crippen LogP contribution >= 0.6 is 0 Å². The number of ketones is 1. The van der Waals surface area contributed by atoms with Crippen molar-refractivity contribution in [1.29, 1.82) is 0 Å². The van der Waals surface area contributed by atoms with E-state index in [4.69, 9.17) is 18.9 Å². The average molecular weight is 468 g/mol. The summed E-state index contributed by atoms with van der Waals surface area (Å²) in [5, 5.41) is 31.0. The second-order valence-electron chi connectivity index (χ2n) is 10.1. The van der Waals surface area contributed by atoms with Crippen molar-refractivity contribution < 1.29 is 48.7 Å². The van der Waals surface area contributed by atoms with E-state index in [1.807, 2.05) is 13.8 Å². The van der Waals surface area contributed by atoms with Crippen LogP contribution < -0.4 is 0 Å². The molecule has 0 spiro atoms. The van der Waals surface area contributed by atoms with Crippen molar-refractivity contribution in [3.8, 4) is 0 Å². The van der Waals surface area contributed by atoms with E-state index in [0.29, 0.717) is 18.4 Å². The molecule has 10 heteroatoms. The third-order valence-corrected chi connectivity index (χ3v) is 7.87. The number of carbonyl (C=O) groups is 3. The average Bonchev–Trinajstić information content (AvgIpc) is 3.09. The number of hydrogen-bond donors (Lipinski definition) is 3. The van der Waals surface area contributed by atoms with Crippen LogP contribution in [-0.4, -0.2) is 82.6 Å². The number of rotatable bonds is 4. The van der Waals surface area contributed by atoms with Crippen LogP contribution in [0.5, 0.6) is 0 Å². The Kier molecular flexibility index (Phi) is 6.43. The Morgan fingerprint density at radius 3 is 2.58 bits per heavy atom. The molecule has 11 unspecified atom stereocenters. The fourth-order valence-electron chi connectivity index (χ4n) is 6.16. The van der Waals surface area contributed by atoms with Gasteiger partial charge in [-0.2, -0.15) is 0 Å². The summed E-state index contributed by atoms with van der Waals surface area (Å²) < 4.78 is 22.1. The highest BCUT2D eigenvalue weighted by Crippen LogP contribution is 2.56. The Labute approximate surface area is 191 Å². The van der Waals surface area contributed by atoms with Crippen molar-refractivity contribution in [2.45, 2.75) is 82.9 Å². The summed E-state index contributed by atoms with van der Waals surface area (Å²) in [6.07, 6.45) is -6.95. The van der Waals surface area contributed by atoms with Crippen LogP contribution in [0, 0.1) is 23.2 Å². The molecule has 4 fully saturated rings. The third kappa shape index (κ3) is 4.12. The number of ether oxygens (including phenoxy) is 4. The lowest BCUT2D eigenvalue weighted by atomic mass is 9.69. The van der Waals surface area contributed by atoms with Crippen LogP contribution in [0.2, 0.25) is 0 Å². The maximum absolute atomic E-state index is 13.2. The van der Waals surface area contributed by atoms with Crippen molar-refractivity contribution in [3.05, 3.63) is 12.2 Å². The maximum atomic E-state index is 13.2. The standard InChI is InChI=1S/C23H32O10/c1-9-5-13-12(10(2)21(29)31-13)7-23(4)16(25)6-14(17(9)23)32-22-20(28)19(27)18(26)15(33-22)8-30-11(3)24/h9,12-15,17-20,22,26-28H,2,5-8H2,1,3-4H3. The molecule has 2 saturated heterocycles. The van der Waals surface area contributed by atoms with Crippen LogP contribution in [0.15, 0.2) is 12.2 Å². The molecule has 0 aromatic carbocycles. The molecule has 11 atom stereocenters. The van der Waals surface area contributed by atoms with E-state index < -0.39 is 54.2 Å². The number of fused-ring (bicyclic) bond motifs is 2. The smallest absolute Gasteiger partial charge is 0.334 e. The van der Waals surface area contributed by atoms with Crippen LogP contribution in [-0.2, 0) is 33.3 Å². The van der Waals surface area contributed by atoms with Crippen molar-refractivity contribution in [2.75, 3.05) is 6.61 Å². The molecule has 2 saturated carbocycles. The largest absolute Gasteiger partial charge is 0.463 e. The van der Waals surface area contributed by atoms with Gasteiger partial charge in [-0.05, 0) is 18.8 Å². The van der Waals surface area contributed by atoms with Gasteiger partial charge in [0.15, 0.2) is 6.29 Å². The van der Waals surface area contributed by atoms with Crippen molar-refractivity contribution in [2.24, 2.45) is 23.2 Å². The lowest BCUT2D eigenvalue weighted by molar-refractivity contribution is -0.315. The molecule has 0 aromatic rings. The minimum absolute atomic E-state index is 0.0144. The van der Waals surface area contributed by atoms with Crippen molar-refractivity contribution in [1.82, 2.24) is 0 Å². The number of carbonyl (C=O) groups excluding carboxylic acids is 3. The van der Waals surface area contributed by atoms with E-state index in [1.165, 1.54) is 6.92 Å². The maximum Gasteiger partial charge on any atom is 0.334 e. The Bertz CT molecular complexity index is 841. The first-order valence-corrected chi connectivity index (χ1v) is 11.4. The number of esters is 2. The fourth-order valence-corrected chi connectivity index (χ4v) is 6.16. The molecule has 2 heterocycles. The quantitative estimate of drug-likeness (QED) is 0.376. The molecule has 184 valence electrons. The first-order valence-electron chi connectivity index (χ1n) is 11.4. The molecule has 0 amide bonds. The summed E-state index contributed by atoms with van der Waals surface area (Å²) in [6.45, 7) is 8.61. The summed E-state index contributed by atoms with van der Waals surface area (Å²) in [5.74, 6) is -1.54.